The van der Waals surface area contributed by atoms with Gasteiger partial charge in [0.2, 0.25) is 0 Å². The van der Waals surface area contributed by atoms with E-state index in [4.69, 9.17) is 14.2 Å². The van der Waals surface area contributed by atoms with Crippen LogP contribution in [0, 0.1) is 13.8 Å². The van der Waals surface area contributed by atoms with Crippen LogP contribution in [0.1, 0.15) is 34.6 Å². The number of ether oxygens (including phenoxy) is 3. The van der Waals surface area contributed by atoms with Gasteiger partial charge in [0.15, 0.2) is 5.78 Å². The van der Waals surface area contributed by atoms with E-state index < -0.39 is 5.92 Å². The summed E-state index contributed by atoms with van der Waals surface area (Å²) in [6.45, 7) is 3.88. The zero-order chi connectivity index (χ0) is 19.7. The summed E-state index contributed by atoms with van der Waals surface area (Å²) in [6.07, 6.45) is 0.181. The molecule has 0 bridgehead atoms. The van der Waals surface area contributed by atoms with E-state index in [2.05, 4.69) is 0 Å². The molecule has 5 nitrogen and oxygen atoms in total. The average Bonchev–Trinajstić information content (AvgIpc) is 2.94. The molecule has 2 aromatic rings. The number of carbonyl (C=O) groups excluding carboxylic acids is 1. The number of aryl methyl sites for hydroxylation is 2. The minimum Gasteiger partial charge on any atom is -0.511 e. The van der Waals surface area contributed by atoms with Crippen molar-refractivity contribution in [3.63, 3.8) is 0 Å². The van der Waals surface area contributed by atoms with Crippen LogP contribution in [0.15, 0.2) is 36.1 Å². The largest absolute Gasteiger partial charge is 0.511 e. The number of aliphatic hydroxyl groups excluding tert-OH is 1. The summed E-state index contributed by atoms with van der Waals surface area (Å²) in [5.74, 6) is 1.30. The van der Waals surface area contributed by atoms with Crippen molar-refractivity contribution in [2.24, 2.45) is 0 Å². The van der Waals surface area contributed by atoms with Crippen LogP contribution in [-0.4, -0.2) is 32.2 Å². The lowest BCUT2D eigenvalue weighted by atomic mass is 9.95. The predicted molar refractivity (Wildman–Crippen MR) is 104 cm³/mol. The lowest BCUT2D eigenvalue weighted by Gasteiger charge is -2.16. The third-order valence-electron chi connectivity index (χ3n) is 4.98. The number of rotatable bonds is 5. The number of benzene rings is 2. The molecule has 142 valence electrons. The second-order valence-electron chi connectivity index (χ2n) is 6.71. The van der Waals surface area contributed by atoms with Gasteiger partial charge in [-0.05, 0) is 37.1 Å². The molecule has 5 heteroatoms. The summed E-state index contributed by atoms with van der Waals surface area (Å²) < 4.78 is 16.2. The number of aliphatic hydroxyl groups is 1. The van der Waals surface area contributed by atoms with Crippen LogP contribution in [0.3, 0.4) is 0 Å². The summed E-state index contributed by atoms with van der Waals surface area (Å²) in [7, 11) is 4.71. The lowest BCUT2D eigenvalue weighted by molar-refractivity contribution is -0.113. The molecule has 0 radical (unpaired) electrons. The van der Waals surface area contributed by atoms with Gasteiger partial charge in [-0.2, -0.15) is 0 Å². The third kappa shape index (κ3) is 3.25. The molecule has 0 aliphatic heterocycles. The minimum absolute atomic E-state index is 0.0497. The van der Waals surface area contributed by atoms with Crippen molar-refractivity contribution in [3.05, 3.63) is 58.3 Å². The highest BCUT2D eigenvalue weighted by atomic mass is 16.5. The van der Waals surface area contributed by atoms with Gasteiger partial charge in [0.25, 0.3) is 0 Å². The monoisotopic (exact) mass is 368 g/mol. The molecule has 0 amide bonds. The fraction of sp³-hybridized carbons (Fsp3) is 0.318. The van der Waals surface area contributed by atoms with E-state index in [1.807, 2.05) is 32.0 Å². The van der Waals surface area contributed by atoms with Gasteiger partial charge in [-0.1, -0.05) is 12.1 Å². The van der Waals surface area contributed by atoms with E-state index in [0.717, 1.165) is 16.7 Å². The molecular weight excluding hydrogens is 344 g/mol. The summed E-state index contributed by atoms with van der Waals surface area (Å²) in [5, 5.41) is 11.0. The fourth-order valence-electron chi connectivity index (χ4n) is 3.74. The zero-order valence-electron chi connectivity index (χ0n) is 16.3. The highest BCUT2D eigenvalue weighted by Gasteiger charge is 2.37. The Balaban J connectivity index is 2.15. The Morgan fingerprint density at radius 3 is 2.30 bits per heavy atom. The number of hydrogen-bond donors (Lipinski definition) is 1. The van der Waals surface area contributed by atoms with E-state index in [-0.39, 0.29) is 18.0 Å². The Kier molecular flexibility index (Phi) is 5.13. The van der Waals surface area contributed by atoms with Crippen LogP contribution < -0.4 is 14.2 Å². The number of ketones is 1. The molecule has 0 fully saturated rings. The van der Waals surface area contributed by atoms with Crippen molar-refractivity contribution in [1.29, 1.82) is 0 Å². The van der Waals surface area contributed by atoms with Gasteiger partial charge in [0, 0.05) is 23.6 Å². The second kappa shape index (κ2) is 7.35. The topological polar surface area (TPSA) is 65.0 Å². The molecule has 0 aromatic heterocycles. The molecule has 0 saturated heterocycles. The predicted octanol–water partition coefficient (Wildman–Crippen LogP) is 4.35. The molecule has 1 atom stereocenters. The Morgan fingerprint density at radius 1 is 0.963 bits per heavy atom. The number of carbonyl (C=O) groups is 1. The fourth-order valence-corrected chi connectivity index (χ4v) is 3.74. The number of hydrogen-bond acceptors (Lipinski definition) is 5. The van der Waals surface area contributed by atoms with Crippen LogP contribution in [0.2, 0.25) is 0 Å². The molecule has 3 rings (SSSR count). The highest BCUT2D eigenvalue weighted by Crippen LogP contribution is 2.46. The first-order chi connectivity index (χ1) is 12.9. The van der Waals surface area contributed by atoms with E-state index >= 15 is 0 Å². The average molecular weight is 368 g/mol. The Morgan fingerprint density at radius 2 is 1.67 bits per heavy atom. The van der Waals surface area contributed by atoms with Crippen LogP contribution in [0.4, 0.5) is 0 Å². The Hall–Kier alpha value is -2.95. The third-order valence-corrected chi connectivity index (χ3v) is 4.98. The van der Waals surface area contributed by atoms with E-state index in [9.17, 15) is 9.90 Å². The summed E-state index contributed by atoms with van der Waals surface area (Å²) >= 11 is 0. The first-order valence-corrected chi connectivity index (χ1v) is 8.75. The standard InChI is InChI=1S/C22H24O5/c1-12-8-13(2)20(19(9-12)27-5)21-17(23)11-16(22(21)24)15-7-6-14(25-3)10-18(15)26-4/h6-10,16,24H,11H2,1-5H3. The normalized spacial score (nSPS) is 16.6. The van der Waals surface area contributed by atoms with E-state index in [1.54, 1.807) is 33.5 Å². The first-order valence-electron chi connectivity index (χ1n) is 8.75. The first kappa shape index (κ1) is 18.8. The van der Waals surface area contributed by atoms with Gasteiger partial charge >= 0.3 is 0 Å². The quantitative estimate of drug-likeness (QED) is 0.850. The van der Waals surface area contributed by atoms with E-state index in [1.165, 1.54) is 0 Å². The van der Waals surface area contributed by atoms with Crippen LogP contribution >= 0.6 is 0 Å². The lowest BCUT2D eigenvalue weighted by Crippen LogP contribution is -2.02. The maximum atomic E-state index is 12.9. The minimum atomic E-state index is -0.459. The summed E-state index contributed by atoms with van der Waals surface area (Å²) in [4.78, 5) is 12.9. The van der Waals surface area contributed by atoms with Gasteiger partial charge in [-0.15, -0.1) is 0 Å². The summed E-state index contributed by atoms with van der Waals surface area (Å²) in [6, 6.07) is 9.23. The Labute approximate surface area is 159 Å². The van der Waals surface area contributed by atoms with Crippen molar-refractivity contribution < 1.29 is 24.1 Å². The number of allylic oxidation sites excluding steroid dienone is 2. The van der Waals surface area contributed by atoms with Crippen molar-refractivity contribution in [2.75, 3.05) is 21.3 Å². The smallest absolute Gasteiger partial charge is 0.168 e. The van der Waals surface area contributed by atoms with Gasteiger partial charge in [-0.25, -0.2) is 0 Å². The van der Waals surface area contributed by atoms with Crippen LogP contribution in [0.5, 0.6) is 17.2 Å². The maximum absolute atomic E-state index is 12.9. The van der Waals surface area contributed by atoms with Gasteiger partial charge in [0.05, 0.1) is 32.8 Å². The van der Waals surface area contributed by atoms with Crippen molar-refractivity contribution >= 4 is 11.4 Å². The van der Waals surface area contributed by atoms with E-state index in [0.29, 0.717) is 28.4 Å². The van der Waals surface area contributed by atoms with Gasteiger partial charge < -0.3 is 19.3 Å². The number of methoxy groups -OCH3 is 3. The molecule has 2 aromatic carbocycles. The SMILES string of the molecule is COc1ccc(C2CC(=O)C(c3c(C)cc(C)cc3OC)=C2O)c(OC)c1. The van der Waals surface area contributed by atoms with Crippen molar-refractivity contribution in [1.82, 2.24) is 0 Å². The van der Waals surface area contributed by atoms with Gasteiger partial charge in [0.1, 0.15) is 23.0 Å². The maximum Gasteiger partial charge on any atom is 0.168 e. The second-order valence-corrected chi connectivity index (χ2v) is 6.71. The zero-order valence-corrected chi connectivity index (χ0v) is 16.3. The van der Waals surface area contributed by atoms with Crippen molar-refractivity contribution in [3.8, 4) is 17.2 Å². The molecule has 1 aliphatic rings. The molecule has 0 saturated carbocycles. The molecule has 0 heterocycles. The Bertz CT molecular complexity index is 927. The molecular formula is C22H24O5. The molecule has 1 N–H and O–H groups in total. The summed E-state index contributed by atoms with van der Waals surface area (Å²) in [5.41, 5.74) is 3.66. The highest BCUT2D eigenvalue weighted by molar-refractivity contribution is 6.25. The van der Waals surface area contributed by atoms with Crippen LogP contribution in [0.25, 0.3) is 5.57 Å². The number of Topliss-reactive ketones (excluding diaryl/α,β-unsaturated/α-hetero) is 1. The molecule has 1 aliphatic carbocycles. The molecule has 0 spiro atoms. The van der Waals surface area contributed by atoms with Crippen molar-refractivity contribution in [2.45, 2.75) is 26.2 Å². The molecule has 1 unspecified atom stereocenters. The molecule has 27 heavy (non-hydrogen) atoms. The van der Waals surface area contributed by atoms with Crippen LogP contribution in [-0.2, 0) is 4.79 Å². The van der Waals surface area contributed by atoms with Gasteiger partial charge in [-0.3, -0.25) is 4.79 Å².